The number of nitriles is 6. The predicted octanol–water partition coefficient (Wildman–Crippen LogP) is 21.4. The minimum absolute atomic E-state index is 0.00263. The SMILES string of the molecule is CC1CCc2cc(Br)c(NC(=S)Nc3ccc(F)cc3)cc2N(CC#N)C1=O.CC1CCc2cc(Cl)c(NC(=S)N(C)C)cc2N(CC#N)C1=O.CC1CCc2cc(Cl)c(NC(=S)NC(C)(C)C)cc2N(CC#N)C1=O.CC1CCc2ccc(NC(=S)N(C)C)cc2N(CC#N)C1=O.CC1CCc2ccc(NC(=S)NC(C)(C)C)cc2N(CC#N)C1=O.CC1CCc2ccc(NC(=S)Nc3ccc(F)cc3)cc2N(CC#N)C1=O. The van der Waals surface area contributed by atoms with Crippen LogP contribution >= 0.6 is 112 Å². The number of carbonyl (C=O) groups is 6. The highest BCUT2D eigenvalue weighted by atomic mass is 79.9. The summed E-state index contributed by atoms with van der Waals surface area (Å²) in [5.74, 6) is -1.45. The number of thiocarbonyl (C=S) groups is 6. The number of halogens is 5. The molecule has 6 amide bonds. The number of aryl methyl sites for hydroxylation is 6. The van der Waals surface area contributed by atoms with Crippen molar-refractivity contribution >= 4 is 258 Å². The molecule has 0 fully saturated rings. The molecule has 6 atom stereocenters. The Morgan fingerprint density at radius 1 is 0.329 bits per heavy atom. The van der Waals surface area contributed by atoms with E-state index in [1.807, 2.05) is 196 Å². The maximum Gasteiger partial charge on any atom is 0.230 e. The van der Waals surface area contributed by atoms with Crippen LogP contribution in [0.4, 0.5) is 88.4 Å². The average molecular weight is 2230 g/mol. The number of amides is 6. The fourth-order valence-electron chi connectivity index (χ4n) is 16.6. The molecule has 10 N–H and O–H groups in total. The molecule has 6 aliphatic rings. The average Bonchev–Trinajstić information content (AvgIpc) is 1.73. The van der Waals surface area contributed by atoms with E-state index in [0.717, 1.165) is 155 Å². The maximum atomic E-state index is 13.0. The standard InChI is InChI=1S/C20H18BrFN4OS.C20H19FN4OS.C18H23ClN4OS.C18H24N4OS.C16H19ClN4OS.C16H20N4OS/c1-12-2-3-13-10-16(21)17(11-18(13)26(9-8-23)19(12)27)25-20(28)24-15-6-4-14(22)5-7-15;1-13-2-3-14-4-7-17(12-18(14)25(11-10-22)19(13)26)24-20(27)23-16-8-5-15(21)6-9-16;1-11-5-6-12-9-13(19)14(21-17(25)22-18(2,3)4)10-15(12)23(8-7-20)16(11)24;1-12-5-6-13-7-8-14(20-17(24)21-18(2,3)4)11-15(13)22(10-9-19)16(12)23;1-10-4-5-11-8-12(17)13(19-16(23)20(2)3)9-14(11)21(7-6-18)15(10)22;1-11-4-5-12-6-7-13(18-16(22)19(2)3)10-14(12)20(9-8-17)15(11)21/h4-7,10-12H,2-3,9H2,1H3,(H2,24,25,28);4-9,12-13H,2-3,11H2,1H3,(H2,23,24,27);9-11H,5-6,8H2,1-4H3,(H2,21,22,25);7-8,11-12H,5-6,10H2,1-4H3,(H2,20,21,24);8-10H,4-5,7H2,1-3H3,(H,19,23);6-7,10-11H,4-5,9H2,1-3H3,(H,18,22). The molecular formula is C108H123BrCl2F2N24O6S6. The van der Waals surface area contributed by atoms with Gasteiger partial charge < -0.3 is 63.0 Å². The zero-order valence-corrected chi connectivity index (χ0v) is 94.0. The van der Waals surface area contributed by atoms with Crippen LogP contribution in [-0.2, 0) is 67.3 Å². The molecule has 6 heterocycles. The van der Waals surface area contributed by atoms with Gasteiger partial charge in [-0.3, -0.25) is 58.2 Å². The molecule has 6 aliphatic heterocycles. The number of hydrogen-bond donors (Lipinski definition) is 10. The van der Waals surface area contributed by atoms with Gasteiger partial charge in [0.1, 0.15) is 50.9 Å². The van der Waals surface area contributed by atoms with E-state index in [1.54, 1.807) is 49.9 Å². The van der Waals surface area contributed by atoms with Crippen molar-refractivity contribution in [3.8, 4) is 36.4 Å². The zero-order chi connectivity index (χ0) is 110. The lowest BCUT2D eigenvalue weighted by molar-refractivity contribution is -0.122. The first-order valence-corrected chi connectivity index (χ1v) is 52.3. The topological polar surface area (TPSA) is 391 Å². The van der Waals surface area contributed by atoms with Gasteiger partial charge in [0.2, 0.25) is 35.4 Å². The van der Waals surface area contributed by atoms with E-state index in [0.29, 0.717) is 80.5 Å². The van der Waals surface area contributed by atoms with Crippen LogP contribution in [0, 0.1) is 115 Å². The molecule has 0 saturated heterocycles. The van der Waals surface area contributed by atoms with E-state index < -0.39 is 0 Å². The molecule has 149 heavy (non-hydrogen) atoms. The van der Waals surface area contributed by atoms with Gasteiger partial charge in [-0.1, -0.05) is 82.9 Å². The minimum atomic E-state index is -0.325. The molecule has 0 spiro atoms. The second-order valence-corrected chi connectivity index (χ2v) is 43.1. The van der Waals surface area contributed by atoms with Crippen molar-refractivity contribution in [1.29, 1.82) is 31.6 Å². The van der Waals surface area contributed by atoms with Gasteiger partial charge in [-0.25, -0.2) is 8.78 Å². The molecule has 8 aromatic rings. The molecule has 0 aliphatic carbocycles. The number of rotatable bonds is 14. The molecule has 782 valence electrons. The van der Waals surface area contributed by atoms with Crippen LogP contribution in [0.5, 0.6) is 0 Å². The highest BCUT2D eigenvalue weighted by molar-refractivity contribution is 9.10. The molecular weight excluding hydrogens is 2110 g/mol. The first kappa shape index (κ1) is 119. The number of hydrogen-bond acceptors (Lipinski definition) is 18. The Labute approximate surface area is 922 Å². The van der Waals surface area contributed by atoms with Gasteiger partial charge in [0, 0.05) is 108 Å². The second kappa shape index (κ2) is 55.2. The van der Waals surface area contributed by atoms with Crippen LogP contribution < -0.4 is 82.6 Å². The van der Waals surface area contributed by atoms with Gasteiger partial charge in [0.05, 0.1) is 97.6 Å². The van der Waals surface area contributed by atoms with Gasteiger partial charge in [-0.05, 0) is 363 Å². The molecule has 6 unspecified atom stereocenters. The van der Waals surface area contributed by atoms with E-state index in [1.165, 1.54) is 43.9 Å². The lowest BCUT2D eigenvalue weighted by Crippen LogP contribution is -2.43. The Balaban J connectivity index is 0.000000199. The van der Waals surface area contributed by atoms with Gasteiger partial charge in [-0.2, -0.15) is 31.6 Å². The Kier molecular flexibility index (Phi) is 44.1. The first-order chi connectivity index (χ1) is 70.5. The van der Waals surface area contributed by atoms with E-state index in [-0.39, 0.29) is 133 Å². The molecule has 0 radical (unpaired) electrons. The molecule has 30 nitrogen and oxygen atoms in total. The molecule has 0 aromatic heterocycles. The van der Waals surface area contributed by atoms with Crippen molar-refractivity contribution in [3.05, 3.63) is 199 Å². The number of nitrogens with one attached hydrogen (secondary N) is 10. The Bertz CT molecular complexity index is 6630. The molecule has 14 rings (SSSR count). The summed E-state index contributed by atoms with van der Waals surface area (Å²) in [5.41, 5.74) is 15.9. The Hall–Kier alpha value is -13.4. The summed E-state index contributed by atoms with van der Waals surface area (Å²) in [4.78, 5) is 88.2. The summed E-state index contributed by atoms with van der Waals surface area (Å²) < 4.78 is 26.8. The third-order valence-electron chi connectivity index (χ3n) is 24.6. The predicted molar refractivity (Wildman–Crippen MR) is 620 cm³/mol. The van der Waals surface area contributed by atoms with Crippen LogP contribution in [0.3, 0.4) is 0 Å². The lowest BCUT2D eigenvalue weighted by atomic mass is 10.0. The van der Waals surface area contributed by atoms with Gasteiger partial charge in [0.25, 0.3) is 0 Å². The van der Waals surface area contributed by atoms with Crippen LogP contribution in [0.25, 0.3) is 0 Å². The maximum absolute atomic E-state index is 13.0. The van der Waals surface area contributed by atoms with Crippen molar-refractivity contribution in [2.24, 2.45) is 35.5 Å². The third kappa shape index (κ3) is 34.0. The van der Waals surface area contributed by atoms with Gasteiger partial charge >= 0.3 is 0 Å². The van der Waals surface area contributed by atoms with E-state index >= 15 is 0 Å². The summed E-state index contributed by atoms with van der Waals surface area (Å²) in [6.07, 6.45) is 9.26. The Morgan fingerprint density at radius 3 is 0.852 bits per heavy atom. The smallest absolute Gasteiger partial charge is 0.230 e. The monoisotopic (exact) mass is 2230 g/mol. The van der Waals surface area contributed by atoms with Crippen molar-refractivity contribution in [2.75, 3.05) is 139 Å². The van der Waals surface area contributed by atoms with Crippen molar-refractivity contribution < 1.29 is 37.5 Å². The summed E-state index contributed by atoms with van der Waals surface area (Å²) in [7, 11) is 7.40. The number of benzene rings is 8. The minimum Gasteiger partial charge on any atom is -0.358 e. The van der Waals surface area contributed by atoms with E-state index in [2.05, 4.69) is 106 Å². The zero-order valence-electron chi connectivity index (χ0n) is 86.0. The normalized spacial score (nSPS) is 16.9. The third-order valence-corrected chi connectivity index (χ3v) is 27.6. The number of carbonyl (C=O) groups excluding carboxylic acids is 6. The van der Waals surface area contributed by atoms with Crippen molar-refractivity contribution in [2.45, 2.75) is 171 Å². The van der Waals surface area contributed by atoms with E-state index in [9.17, 15) is 37.5 Å². The van der Waals surface area contributed by atoms with E-state index in [4.69, 9.17) is 128 Å². The summed E-state index contributed by atoms with van der Waals surface area (Å²) in [6.45, 7) is 23.7. The molecule has 0 saturated carbocycles. The second-order valence-electron chi connectivity index (χ2n) is 39.0. The van der Waals surface area contributed by atoms with Crippen LogP contribution in [0.2, 0.25) is 10.0 Å². The number of fused-ring (bicyclic) bond motifs is 6. The Morgan fingerprint density at radius 2 is 0.557 bits per heavy atom. The van der Waals surface area contributed by atoms with Crippen LogP contribution in [0.15, 0.2) is 144 Å². The number of anilines is 14. The van der Waals surface area contributed by atoms with Crippen molar-refractivity contribution in [3.63, 3.8) is 0 Å². The van der Waals surface area contributed by atoms with Crippen LogP contribution in [-0.4, -0.2) is 154 Å². The lowest BCUT2D eigenvalue weighted by Gasteiger charge is -2.25. The molecule has 8 aromatic carbocycles. The summed E-state index contributed by atoms with van der Waals surface area (Å²) in [5, 5.41) is 89.4. The van der Waals surface area contributed by atoms with Gasteiger partial charge in [-0.15, -0.1) is 0 Å². The van der Waals surface area contributed by atoms with Crippen LogP contribution in [0.1, 0.15) is 155 Å². The fraction of sp³-hybridized carbons (Fsp3) is 0.389. The number of nitrogens with zero attached hydrogens (tertiary/aromatic N) is 14. The summed E-state index contributed by atoms with van der Waals surface area (Å²) >= 11 is 48.1. The molecule has 41 heteroatoms. The van der Waals surface area contributed by atoms with Crippen molar-refractivity contribution in [1.82, 2.24) is 20.4 Å². The molecule has 0 bridgehead atoms. The quantitative estimate of drug-likeness (QED) is 0.0357. The largest absolute Gasteiger partial charge is 0.358 e. The summed E-state index contributed by atoms with van der Waals surface area (Å²) in [6, 6.07) is 52.7. The van der Waals surface area contributed by atoms with Gasteiger partial charge in [0.15, 0.2) is 30.7 Å². The highest BCUT2D eigenvalue weighted by Crippen LogP contribution is 2.43. The first-order valence-electron chi connectivity index (χ1n) is 48.3. The fourth-order valence-corrected chi connectivity index (χ4v) is 19.0. The highest BCUT2D eigenvalue weighted by Gasteiger charge is 2.36.